The smallest absolute Gasteiger partial charge is 0.0991 e. The lowest BCUT2D eigenvalue weighted by Gasteiger charge is -2.35. The topological polar surface area (TPSA) is 23.8 Å². The number of hydrogen-bond donors (Lipinski definition) is 0. The van der Waals surface area contributed by atoms with E-state index in [0.717, 1.165) is 30.7 Å². The number of nitrogens with zero attached hydrogens (tertiary/aromatic N) is 1. The summed E-state index contributed by atoms with van der Waals surface area (Å²) < 4.78 is 0. The van der Waals surface area contributed by atoms with Crippen LogP contribution in [0, 0.1) is 29.6 Å². The van der Waals surface area contributed by atoms with E-state index in [1.54, 1.807) is 0 Å². The van der Waals surface area contributed by atoms with Crippen molar-refractivity contribution in [1.29, 1.82) is 5.26 Å². The molecular formula is C24H35N. The minimum Gasteiger partial charge on any atom is -0.192 e. The first kappa shape index (κ1) is 21.2. The Bertz CT molecular complexity index is 642. The van der Waals surface area contributed by atoms with E-state index in [4.69, 9.17) is 5.26 Å². The average molecular weight is 338 g/mol. The van der Waals surface area contributed by atoms with Crippen LogP contribution in [-0.2, 0) is 6.42 Å². The molecule has 1 aromatic carbocycles. The second-order valence-electron chi connectivity index (χ2n) is 8.68. The maximum Gasteiger partial charge on any atom is 0.0991 e. The van der Waals surface area contributed by atoms with Crippen LogP contribution in [0.1, 0.15) is 76.5 Å². The summed E-state index contributed by atoms with van der Waals surface area (Å²) in [5.41, 5.74) is 6.20. The molecule has 0 saturated heterocycles. The van der Waals surface area contributed by atoms with Gasteiger partial charge in [0.2, 0.25) is 0 Å². The average Bonchev–Trinajstić information content (AvgIpc) is 2.48. The summed E-state index contributed by atoms with van der Waals surface area (Å²) in [6, 6.07) is 8.14. The standard InChI is InChI=1S/C20H25N.C4H10/c1-15-6-5-9-20(4,12-15)13-16(2)10-19-11-18(14-21)8-7-17(19)3;1-4(2)3/h7-8,11H,1-2,5-6,9-10,12-13H2,3-4H3;4H,1-3H3. The van der Waals surface area contributed by atoms with E-state index >= 15 is 0 Å². The minimum absolute atomic E-state index is 0.327. The molecule has 1 fully saturated rings. The Kier molecular flexibility index (Phi) is 8.17. The normalized spacial score (nSPS) is 19.8. The van der Waals surface area contributed by atoms with Gasteiger partial charge in [-0.05, 0) is 80.0 Å². The van der Waals surface area contributed by atoms with E-state index in [-0.39, 0.29) is 0 Å². The lowest BCUT2D eigenvalue weighted by molar-refractivity contribution is 0.253. The first-order chi connectivity index (χ1) is 11.6. The van der Waals surface area contributed by atoms with Gasteiger partial charge in [-0.2, -0.15) is 5.26 Å². The van der Waals surface area contributed by atoms with Crippen molar-refractivity contribution in [1.82, 2.24) is 0 Å². The molecule has 2 rings (SSSR count). The molecule has 136 valence electrons. The molecule has 1 saturated carbocycles. The molecule has 1 nitrogen and oxygen atoms in total. The first-order valence-corrected chi connectivity index (χ1v) is 9.48. The summed E-state index contributed by atoms with van der Waals surface area (Å²) >= 11 is 0. The third-order valence-corrected chi connectivity index (χ3v) is 4.58. The second kappa shape index (κ2) is 9.62. The predicted octanol–water partition coefficient (Wildman–Crippen LogP) is 7.15. The van der Waals surface area contributed by atoms with Crippen molar-refractivity contribution in [3.63, 3.8) is 0 Å². The van der Waals surface area contributed by atoms with E-state index in [1.165, 1.54) is 41.5 Å². The van der Waals surface area contributed by atoms with Gasteiger partial charge in [0.15, 0.2) is 0 Å². The van der Waals surface area contributed by atoms with Crippen LogP contribution in [0.3, 0.4) is 0 Å². The molecule has 1 atom stereocenters. The largest absolute Gasteiger partial charge is 0.192 e. The molecule has 0 aromatic heterocycles. The van der Waals surface area contributed by atoms with Crippen LogP contribution in [-0.4, -0.2) is 0 Å². The zero-order valence-electron chi connectivity index (χ0n) is 16.9. The summed E-state index contributed by atoms with van der Waals surface area (Å²) in [5, 5.41) is 9.04. The van der Waals surface area contributed by atoms with E-state index in [0.29, 0.717) is 5.41 Å². The Morgan fingerprint density at radius 3 is 2.52 bits per heavy atom. The van der Waals surface area contributed by atoms with Crippen LogP contribution in [0.15, 0.2) is 42.5 Å². The van der Waals surface area contributed by atoms with Crippen molar-refractivity contribution in [2.45, 2.75) is 73.1 Å². The number of allylic oxidation sites excluding steroid dienone is 2. The van der Waals surface area contributed by atoms with Crippen LogP contribution >= 0.6 is 0 Å². The summed E-state index contributed by atoms with van der Waals surface area (Å²) in [6.45, 7) is 19.4. The van der Waals surface area contributed by atoms with Crippen molar-refractivity contribution >= 4 is 0 Å². The minimum atomic E-state index is 0.327. The highest BCUT2D eigenvalue weighted by atomic mass is 14.3. The Hall–Kier alpha value is -1.81. The Labute approximate surface area is 155 Å². The van der Waals surface area contributed by atoms with Gasteiger partial charge >= 0.3 is 0 Å². The Morgan fingerprint density at radius 1 is 1.32 bits per heavy atom. The molecule has 0 amide bonds. The third kappa shape index (κ3) is 7.74. The molecule has 0 heterocycles. The van der Waals surface area contributed by atoms with Crippen LogP contribution in [0.25, 0.3) is 0 Å². The molecule has 0 radical (unpaired) electrons. The fourth-order valence-corrected chi connectivity index (χ4v) is 3.56. The zero-order valence-corrected chi connectivity index (χ0v) is 16.9. The maximum atomic E-state index is 9.04. The quantitative estimate of drug-likeness (QED) is 0.535. The van der Waals surface area contributed by atoms with Crippen molar-refractivity contribution < 1.29 is 0 Å². The molecule has 1 unspecified atom stereocenters. The van der Waals surface area contributed by atoms with Crippen molar-refractivity contribution in [3.8, 4) is 6.07 Å². The third-order valence-electron chi connectivity index (χ3n) is 4.58. The van der Waals surface area contributed by atoms with Gasteiger partial charge in [0.25, 0.3) is 0 Å². The summed E-state index contributed by atoms with van der Waals surface area (Å²) in [5.74, 6) is 0.833. The number of hydrogen-bond acceptors (Lipinski definition) is 1. The van der Waals surface area contributed by atoms with Gasteiger partial charge in [-0.1, -0.05) is 58.1 Å². The predicted molar refractivity (Wildman–Crippen MR) is 110 cm³/mol. The summed E-state index contributed by atoms with van der Waals surface area (Å²) in [6.07, 6.45) is 6.77. The molecule has 1 heteroatoms. The van der Waals surface area contributed by atoms with E-state index in [9.17, 15) is 0 Å². The van der Waals surface area contributed by atoms with Crippen molar-refractivity contribution in [2.24, 2.45) is 11.3 Å². The highest BCUT2D eigenvalue weighted by Gasteiger charge is 2.29. The number of rotatable bonds is 4. The van der Waals surface area contributed by atoms with Crippen molar-refractivity contribution in [2.75, 3.05) is 0 Å². The van der Waals surface area contributed by atoms with Gasteiger partial charge < -0.3 is 0 Å². The molecule has 0 N–H and O–H groups in total. The lowest BCUT2D eigenvalue weighted by atomic mass is 9.70. The molecule has 1 aliphatic rings. The molecule has 0 spiro atoms. The van der Waals surface area contributed by atoms with E-state index in [1.807, 2.05) is 18.2 Å². The highest BCUT2D eigenvalue weighted by molar-refractivity contribution is 5.39. The molecule has 1 aromatic rings. The fraction of sp³-hybridized carbons (Fsp3) is 0.542. The molecule has 25 heavy (non-hydrogen) atoms. The van der Waals surface area contributed by atoms with Gasteiger partial charge in [-0.25, -0.2) is 0 Å². The van der Waals surface area contributed by atoms with Gasteiger partial charge in [-0.3, -0.25) is 0 Å². The maximum absolute atomic E-state index is 9.04. The van der Waals surface area contributed by atoms with Gasteiger partial charge in [0.05, 0.1) is 11.6 Å². The number of aryl methyl sites for hydroxylation is 1. The fourth-order valence-electron chi connectivity index (χ4n) is 3.56. The van der Waals surface area contributed by atoms with E-state index in [2.05, 4.69) is 53.8 Å². The van der Waals surface area contributed by atoms with Gasteiger partial charge in [0.1, 0.15) is 0 Å². The first-order valence-electron chi connectivity index (χ1n) is 9.48. The van der Waals surface area contributed by atoms with Gasteiger partial charge in [-0.15, -0.1) is 0 Å². The van der Waals surface area contributed by atoms with Crippen LogP contribution in [0.2, 0.25) is 0 Å². The number of benzene rings is 1. The lowest BCUT2D eigenvalue weighted by Crippen LogP contribution is -2.22. The Balaban J connectivity index is 0.000000705. The highest BCUT2D eigenvalue weighted by Crippen LogP contribution is 2.42. The zero-order chi connectivity index (χ0) is 19.0. The summed E-state index contributed by atoms with van der Waals surface area (Å²) in [7, 11) is 0. The van der Waals surface area contributed by atoms with Gasteiger partial charge in [0, 0.05) is 0 Å². The monoisotopic (exact) mass is 337 g/mol. The molecule has 1 aliphatic carbocycles. The van der Waals surface area contributed by atoms with Crippen LogP contribution in [0.5, 0.6) is 0 Å². The van der Waals surface area contributed by atoms with Crippen LogP contribution in [0.4, 0.5) is 0 Å². The molecular weight excluding hydrogens is 302 g/mol. The molecule has 0 bridgehead atoms. The molecule has 0 aliphatic heterocycles. The van der Waals surface area contributed by atoms with Crippen LogP contribution < -0.4 is 0 Å². The number of nitriles is 1. The summed E-state index contributed by atoms with van der Waals surface area (Å²) in [4.78, 5) is 0. The SMILES string of the molecule is C=C1CCCC(C)(CC(=C)Cc2cc(C#N)ccc2C)C1.CC(C)C. The second-order valence-corrected chi connectivity index (χ2v) is 8.68. The Morgan fingerprint density at radius 2 is 1.96 bits per heavy atom. The van der Waals surface area contributed by atoms with Crippen molar-refractivity contribution in [3.05, 3.63) is 59.2 Å². The van der Waals surface area contributed by atoms with E-state index < -0.39 is 0 Å².